The zero-order chi connectivity index (χ0) is 30.2. The molecule has 1 saturated heterocycles. The first-order valence-electron chi connectivity index (χ1n) is 14.0. The maximum Gasteiger partial charge on any atom is 0.339 e. The van der Waals surface area contributed by atoms with Crippen LogP contribution in [0.2, 0.25) is 18.1 Å². The molecule has 2 aromatic carbocycles. The number of benzene rings is 2. The van der Waals surface area contributed by atoms with E-state index in [1.807, 2.05) is 33.9 Å². The Morgan fingerprint density at radius 3 is 1.85 bits per heavy atom. The second-order valence-corrected chi connectivity index (χ2v) is 15.9. The molecular weight excluding hydrogens is 544 g/mol. The number of hydrogen-bond donors (Lipinski definition) is 1. The van der Waals surface area contributed by atoms with E-state index in [0.717, 1.165) is 6.42 Å². The summed E-state index contributed by atoms with van der Waals surface area (Å²) in [4.78, 5) is 50.7. The Balaban J connectivity index is 2.08. The highest BCUT2D eigenvalue weighted by Gasteiger charge is 2.55. The molecule has 1 heterocycles. The summed E-state index contributed by atoms with van der Waals surface area (Å²) in [5.41, 5.74) is 0.597. The fourth-order valence-corrected chi connectivity index (χ4v) is 5.19. The average molecular weight is 587 g/mol. The van der Waals surface area contributed by atoms with E-state index in [1.165, 1.54) is 7.11 Å². The molecule has 9 nitrogen and oxygen atoms in total. The summed E-state index contributed by atoms with van der Waals surface area (Å²) in [6.07, 6.45) is -3.86. The normalized spacial score (nSPS) is 23.0. The SMILES string of the molecule is CCCCOC1C(OC(=O)c2ccccc2)C(CC(C)(C)[Si](C)(C)O)OC(C(=O)OC)C1OC(=O)c1ccccc1. The fourth-order valence-electron chi connectivity index (χ4n) is 4.49. The van der Waals surface area contributed by atoms with Crippen molar-refractivity contribution in [3.63, 3.8) is 0 Å². The topological polar surface area (TPSA) is 118 Å². The van der Waals surface area contributed by atoms with Crippen molar-refractivity contribution in [1.82, 2.24) is 0 Å². The Kier molecular flexibility index (Phi) is 11.3. The Labute approximate surface area is 243 Å². The molecule has 0 bridgehead atoms. The van der Waals surface area contributed by atoms with Crippen LogP contribution < -0.4 is 0 Å². The summed E-state index contributed by atoms with van der Waals surface area (Å²) in [6, 6.07) is 16.9. The van der Waals surface area contributed by atoms with Gasteiger partial charge in [0.2, 0.25) is 0 Å². The van der Waals surface area contributed by atoms with Gasteiger partial charge in [0.05, 0.1) is 24.3 Å². The monoisotopic (exact) mass is 586 g/mol. The van der Waals surface area contributed by atoms with E-state index in [4.69, 9.17) is 23.7 Å². The first-order valence-corrected chi connectivity index (χ1v) is 16.9. The summed E-state index contributed by atoms with van der Waals surface area (Å²) in [7, 11) is -1.54. The Bertz CT molecular complexity index is 1150. The van der Waals surface area contributed by atoms with E-state index in [0.29, 0.717) is 12.0 Å². The first kappa shape index (κ1) is 32.5. The third-order valence-electron chi connectivity index (χ3n) is 7.75. The van der Waals surface area contributed by atoms with E-state index >= 15 is 0 Å². The first-order chi connectivity index (χ1) is 19.4. The number of carbonyl (C=O) groups is 3. The van der Waals surface area contributed by atoms with Crippen LogP contribution in [-0.4, -0.2) is 75.3 Å². The highest BCUT2D eigenvalue weighted by atomic mass is 28.4. The van der Waals surface area contributed by atoms with Gasteiger partial charge in [0, 0.05) is 6.61 Å². The lowest BCUT2D eigenvalue weighted by Crippen LogP contribution is -2.64. The molecule has 0 radical (unpaired) electrons. The molecule has 0 aromatic heterocycles. The molecule has 3 rings (SSSR count). The molecule has 1 fully saturated rings. The van der Waals surface area contributed by atoms with Crippen LogP contribution in [0.1, 0.15) is 60.7 Å². The van der Waals surface area contributed by atoms with Gasteiger partial charge >= 0.3 is 17.9 Å². The van der Waals surface area contributed by atoms with Gasteiger partial charge in [0.15, 0.2) is 26.6 Å². The van der Waals surface area contributed by atoms with Gasteiger partial charge in [-0.3, -0.25) is 0 Å². The van der Waals surface area contributed by atoms with Crippen LogP contribution in [0.25, 0.3) is 0 Å². The molecule has 1 aliphatic heterocycles. The van der Waals surface area contributed by atoms with Crippen molar-refractivity contribution in [2.45, 2.75) is 88.7 Å². The highest BCUT2D eigenvalue weighted by Crippen LogP contribution is 2.44. The molecule has 5 unspecified atom stereocenters. The minimum atomic E-state index is -2.76. The zero-order valence-electron chi connectivity index (χ0n) is 24.7. The van der Waals surface area contributed by atoms with Crippen molar-refractivity contribution in [1.29, 1.82) is 0 Å². The molecule has 0 aliphatic carbocycles. The van der Waals surface area contributed by atoms with Crippen LogP contribution >= 0.6 is 0 Å². The fraction of sp³-hybridized carbons (Fsp3) is 0.516. The van der Waals surface area contributed by atoms with E-state index < -0.39 is 61.8 Å². The molecule has 10 heteroatoms. The molecule has 5 atom stereocenters. The van der Waals surface area contributed by atoms with Crippen molar-refractivity contribution < 1.29 is 42.9 Å². The maximum atomic E-state index is 13.3. The van der Waals surface area contributed by atoms with Crippen LogP contribution in [0.4, 0.5) is 0 Å². The van der Waals surface area contributed by atoms with Gasteiger partial charge in [0.25, 0.3) is 0 Å². The number of hydrogen-bond acceptors (Lipinski definition) is 9. The molecule has 1 aliphatic rings. The van der Waals surface area contributed by atoms with Crippen molar-refractivity contribution in [2.75, 3.05) is 13.7 Å². The van der Waals surface area contributed by atoms with Gasteiger partial charge < -0.3 is 28.5 Å². The summed E-state index contributed by atoms with van der Waals surface area (Å²) in [5, 5.41) is -0.614. The molecule has 2 aromatic rings. The number of esters is 3. The minimum absolute atomic E-state index is 0.246. The number of carbonyl (C=O) groups excluding carboxylic acids is 3. The van der Waals surface area contributed by atoms with Crippen molar-refractivity contribution in [3.8, 4) is 0 Å². The van der Waals surface area contributed by atoms with Gasteiger partial charge in [-0.1, -0.05) is 63.6 Å². The molecule has 1 N–H and O–H groups in total. The molecule has 224 valence electrons. The Morgan fingerprint density at radius 1 is 0.878 bits per heavy atom. The van der Waals surface area contributed by atoms with E-state index in [9.17, 15) is 19.2 Å². The lowest BCUT2D eigenvalue weighted by atomic mass is 9.89. The smallest absolute Gasteiger partial charge is 0.339 e. The number of rotatable bonds is 12. The third kappa shape index (κ3) is 8.25. The summed E-state index contributed by atoms with van der Waals surface area (Å²) < 4.78 is 29.6. The van der Waals surface area contributed by atoms with Gasteiger partial charge in [-0.15, -0.1) is 0 Å². The van der Waals surface area contributed by atoms with Crippen molar-refractivity contribution in [2.24, 2.45) is 0 Å². The van der Waals surface area contributed by atoms with E-state index in [-0.39, 0.29) is 18.6 Å². The van der Waals surface area contributed by atoms with Crippen LogP contribution in [0.5, 0.6) is 0 Å². The largest absolute Gasteiger partial charge is 0.467 e. The number of ether oxygens (including phenoxy) is 5. The Hall–Kier alpha value is -3.05. The quantitative estimate of drug-likeness (QED) is 0.160. The van der Waals surface area contributed by atoms with Gasteiger partial charge in [0.1, 0.15) is 6.10 Å². The van der Waals surface area contributed by atoms with Crippen LogP contribution in [0, 0.1) is 0 Å². The number of unbranched alkanes of at least 4 members (excludes halogenated alkanes) is 1. The standard InChI is InChI=1S/C31H42O9Si/c1-7-8-19-37-25-24(39-28(32)21-15-11-9-12-16-21)23(20-31(2,3)41(5,6)35)38-27(30(34)36-4)26(25)40-29(33)22-17-13-10-14-18-22/h9-18,23-27,35H,7-8,19-20H2,1-6H3. The number of methoxy groups -OCH3 is 1. The molecule has 41 heavy (non-hydrogen) atoms. The summed E-state index contributed by atoms with van der Waals surface area (Å²) in [6.45, 7) is 9.74. The predicted molar refractivity (Wildman–Crippen MR) is 155 cm³/mol. The molecule has 0 spiro atoms. The molecular formula is C31H42O9Si. The van der Waals surface area contributed by atoms with Crippen molar-refractivity contribution in [3.05, 3.63) is 71.8 Å². The second kappa shape index (κ2) is 14.2. The average Bonchev–Trinajstić information content (AvgIpc) is 2.95. The van der Waals surface area contributed by atoms with Crippen molar-refractivity contribution >= 4 is 26.2 Å². The molecule has 0 saturated carbocycles. The summed E-state index contributed by atoms with van der Waals surface area (Å²) in [5.74, 6) is -2.06. The van der Waals surface area contributed by atoms with Gasteiger partial charge in [-0.25, -0.2) is 14.4 Å². The van der Waals surface area contributed by atoms with Crippen LogP contribution in [0.15, 0.2) is 60.7 Å². The highest BCUT2D eigenvalue weighted by molar-refractivity contribution is 6.72. The second-order valence-electron chi connectivity index (χ2n) is 11.4. The van der Waals surface area contributed by atoms with Gasteiger partial charge in [-0.05, 0) is 55.2 Å². The predicted octanol–water partition coefficient (Wildman–Crippen LogP) is 4.93. The maximum absolute atomic E-state index is 13.3. The van der Waals surface area contributed by atoms with Crippen LogP contribution in [-0.2, 0) is 28.5 Å². The third-order valence-corrected chi connectivity index (χ3v) is 11.3. The van der Waals surface area contributed by atoms with Crippen LogP contribution in [0.3, 0.4) is 0 Å². The lowest BCUT2D eigenvalue weighted by molar-refractivity contribution is -0.241. The van der Waals surface area contributed by atoms with E-state index in [1.54, 1.807) is 60.7 Å². The zero-order valence-corrected chi connectivity index (χ0v) is 25.7. The minimum Gasteiger partial charge on any atom is -0.467 e. The van der Waals surface area contributed by atoms with Gasteiger partial charge in [-0.2, -0.15) is 0 Å². The lowest BCUT2D eigenvalue weighted by Gasteiger charge is -2.47. The molecule has 0 amide bonds. The summed E-state index contributed by atoms with van der Waals surface area (Å²) >= 11 is 0. The van der Waals surface area contributed by atoms with E-state index in [2.05, 4.69) is 0 Å². The Morgan fingerprint density at radius 2 is 1.39 bits per heavy atom.